The minimum absolute atomic E-state index is 0.143. The van der Waals surface area contributed by atoms with Crippen LogP contribution in [0, 0.1) is 17.1 Å². The zero-order valence-electron chi connectivity index (χ0n) is 8.30. The van der Waals surface area contributed by atoms with Crippen LogP contribution < -0.4 is 0 Å². The van der Waals surface area contributed by atoms with Crippen molar-refractivity contribution in [2.45, 2.75) is 24.7 Å². The summed E-state index contributed by atoms with van der Waals surface area (Å²) in [5, 5.41) is 27.9. The Morgan fingerprint density at radius 1 is 1.44 bits per heavy atom. The molecule has 3 nitrogen and oxygen atoms in total. The zero-order chi connectivity index (χ0) is 11.9. The average Bonchev–Trinajstić information content (AvgIpc) is 2.19. The summed E-state index contributed by atoms with van der Waals surface area (Å²) in [6, 6.07) is 2.93. The van der Waals surface area contributed by atoms with Gasteiger partial charge in [0.05, 0.1) is 22.1 Å². The number of phenolic OH excluding ortho intramolecular Hbond substituents is 2. The Morgan fingerprint density at radius 3 is 2.50 bits per heavy atom. The molecule has 1 aliphatic carbocycles. The van der Waals surface area contributed by atoms with Crippen molar-refractivity contribution in [1.29, 1.82) is 5.26 Å². The van der Waals surface area contributed by atoms with Gasteiger partial charge in [0.25, 0.3) is 0 Å². The van der Waals surface area contributed by atoms with Crippen molar-refractivity contribution in [2.24, 2.45) is 0 Å². The fourth-order valence-electron chi connectivity index (χ4n) is 1.99. The molecule has 0 saturated heterocycles. The van der Waals surface area contributed by atoms with E-state index in [0.717, 1.165) is 12.5 Å². The number of halogens is 2. The first kappa shape index (κ1) is 11.0. The van der Waals surface area contributed by atoms with Crippen LogP contribution in [-0.4, -0.2) is 10.2 Å². The first-order valence-electron chi connectivity index (χ1n) is 4.83. The summed E-state index contributed by atoms with van der Waals surface area (Å²) in [7, 11) is 0. The van der Waals surface area contributed by atoms with Gasteiger partial charge in [-0.3, -0.25) is 0 Å². The Bertz CT molecular complexity index is 465. The van der Waals surface area contributed by atoms with Gasteiger partial charge in [-0.25, -0.2) is 4.39 Å². The highest BCUT2D eigenvalue weighted by Gasteiger charge is 2.44. The van der Waals surface area contributed by atoms with Gasteiger partial charge >= 0.3 is 0 Å². The summed E-state index contributed by atoms with van der Waals surface area (Å²) >= 11 is 5.65. The third kappa shape index (κ3) is 1.32. The summed E-state index contributed by atoms with van der Waals surface area (Å²) in [4.78, 5) is 0. The average molecular weight is 242 g/mol. The lowest BCUT2D eigenvalue weighted by molar-refractivity contribution is 0.294. The summed E-state index contributed by atoms with van der Waals surface area (Å²) in [5.41, 5.74) is -1.22. The number of hydrogen-bond donors (Lipinski definition) is 2. The second kappa shape index (κ2) is 3.53. The molecule has 0 bridgehead atoms. The van der Waals surface area contributed by atoms with Gasteiger partial charge in [0.1, 0.15) is 5.75 Å². The van der Waals surface area contributed by atoms with Gasteiger partial charge in [0.15, 0.2) is 11.6 Å². The predicted molar refractivity (Wildman–Crippen MR) is 55.9 cm³/mol. The minimum Gasteiger partial charge on any atom is -0.506 e. The highest BCUT2D eigenvalue weighted by Crippen LogP contribution is 2.50. The van der Waals surface area contributed by atoms with E-state index in [0.29, 0.717) is 12.8 Å². The Kier molecular flexibility index (Phi) is 2.43. The van der Waals surface area contributed by atoms with Gasteiger partial charge in [0.2, 0.25) is 0 Å². The highest BCUT2D eigenvalue weighted by molar-refractivity contribution is 6.32. The van der Waals surface area contributed by atoms with Crippen molar-refractivity contribution in [1.82, 2.24) is 0 Å². The van der Waals surface area contributed by atoms with Gasteiger partial charge in [-0.2, -0.15) is 5.26 Å². The van der Waals surface area contributed by atoms with E-state index in [1.54, 1.807) is 0 Å². The van der Waals surface area contributed by atoms with Gasteiger partial charge in [0, 0.05) is 6.07 Å². The highest BCUT2D eigenvalue weighted by atomic mass is 35.5. The molecular weight excluding hydrogens is 233 g/mol. The SMILES string of the molecule is N#CC1(c2c(O)c(Cl)cc(O)c2F)CCC1. The molecule has 0 amide bonds. The molecule has 1 aliphatic rings. The van der Waals surface area contributed by atoms with Crippen molar-refractivity contribution in [3.63, 3.8) is 0 Å². The van der Waals surface area contributed by atoms with Gasteiger partial charge in [-0.15, -0.1) is 0 Å². The predicted octanol–water partition coefficient (Wildman–Crippen LogP) is 2.84. The third-order valence-electron chi connectivity index (χ3n) is 3.07. The third-order valence-corrected chi connectivity index (χ3v) is 3.36. The summed E-state index contributed by atoms with van der Waals surface area (Å²) < 4.78 is 13.7. The van der Waals surface area contributed by atoms with Gasteiger partial charge in [-0.05, 0) is 19.3 Å². The first-order valence-corrected chi connectivity index (χ1v) is 5.21. The Labute approximate surface area is 96.7 Å². The van der Waals surface area contributed by atoms with E-state index in [1.165, 1.54) is 0 Å². The van der Waals surface area contributed by atoms with Crippen LogP contribution in [0.5, 0.6) is 11.5 Å². The van der Waals surface area contributed by atoms with E-state index < -0.39 is 22.7 Å². The number of hydrogen-bond acceptors (Lipinski definition) is 3. The standard InChI is InChI=1S/C11H9ClFNO2/c12-6-4-7(15)9(13)8(10(6)16)11(5-14)2-1-3-11/h4,15-16H,1-3H2. The molecule has 1 fully saturated rings. The second-order valence-electron chi connectivity index (χ2n) is 3.96. The monoisotopic (exact) mass is 241 g/mol. The van der Waals surface area contributed by atoms with E-state index in [-0.39, 0.29) is 10.6 Å². The Morgan fingerprint density at radius 2 is 2.06 bits per heavy atom. The number of nitrogens with zero attached hydrogens (tertiary/aromatic N) is 1. The second-order valence-corrected chi connectivity index (χ2v) is 4.37. The molecule has 2 N–H and O–H groups in total. The first-order chi connectivity index (χ1) is 7.52. The fourth-order valence-corrected chi connectivity index (χ4v) is 2.19. The largest absolute Gasteiger partial charge is 0.506 e. The molecule has 0 aliphatic heterocycles. The van der Waals surface area contributed by atoms with Crippen molar-refractivity contribution < 1.29 is 14.6 Å². The molecule has 0 spiro atoms. The van der Waals surface area contributed by atoms with Crippen LogP contribution in [0.25, 0.3) is 0 Å². The molecule has 0 atom stereocenters. The van der Waals surface area contributed by atoms with Gasteiger partial charge in [-0.1, -0.05) is 11.6 Å². The van der Waals surface area contributed by atoms with Crippen LogP contribution in [0.3, 0.4) is 0 Å². The van der Waals surface area contributed by atoms with Crippen LogP contribution in [0.2, 0.25) is 5.02 Å². The number of phenols is 2. The van der Waals surface area contributed by atoms with Crippen molar-refractivity contribution in [2.75, 3.05) is 0 Å². The van der Waals surface area contributed by atoms with E-state index in [1.807, 2.05) is 6.07 Å². The van der Waals surface area contributed by atoms with Crippen molar-refractivity contribution >= 4 is 11.6 Å². The summed E-state index contributed by atoms with van der Waals surface area (Å²) in [5.74, 6) is -2.04. The fraction of sp³-hybridized carbons (Fsp3) is 0.364. The Balaban J connectivity index is 2.69. The summed E-state index contributed by atoms with van der Waals surface area (Å²) in [6.45, 7) is 0. The normalized spacial score (nSPS) is 17.6. The molecule has 1 saturated carbocycles. The maximum absolute atomic E-state index is 13.7. The topological polar surface area (TPSA) is 64.2 Å². The van der Waals surface area contributed by atoms with Crippen molar-refractivity contribution in [3.05, 3.63) is 22.5 Å². The quantitative estimate of drug-likeness (QED) is 0.743. The molecule has 1 aromatic rings. The van der Waals surface area contributed by atoms with Gasteiger partial charge < -0.3 is 10.2 Å². The lowest BCUT2D eigenvalue weighted by atomic mass is 9.65. The lowest BCUT2D eigenvalue weighted by Crippen LogP contribution is -2.33. The molecule has 2 rings (SSSR count). The minimum atomic E-state index is -1.05. The van der Waals surface area contributed by atoms with Crippen LogP contribution >= 0.6 is 11.6 Å². The maximum Gasteiger partial charge on any atom is 0.173 e. The smallest absolute Gasteiger partial charge is 0.173 e. The molecule has 5 heteroatoms. The molecule has 16 heavy (non-hydrogen) atoms. The van der Waals surface area contributed by atoms with Crippen LogP contribution in [0.4, 0.5) is 4.39 Å². The van der Waals surface area contributed by atoms with Crippen LogP contribution in [0.1, 0.15) is 24.8 Å². The number of benzene rings is 1. The maximum atomic E-state index is 13.7. The van der Waals surface area contributed by atoms with E-state index in [4.69, 9.17) is 16.9 Å². The molecule has 1 aromatic carbocycles. The van der Waals surface area contributed by atoms with E-state index in [2.05, 4.69) is 0 Å². The molecular formula is C11H9ClFNO2. The van der Waals surface area contributed by atoms with E-state index >= 15 is 0 Å². The molecule has 0 radical (unpaired) electrons. The molecule has 84 valence electrons. The molecule has 0 unspecified atom stereocenters. The van der Waals surface area contributed by atoms with Crippen LogP contribution in [-0.2, 0) is 5.41 Å². The zero-order valence-corrected chi connectivity index (χ0v) is 9.05. The summed E-state index contributed by atoms with van der Waals surface area (Å²) in [6.07, 6.45) is 1.72. The number of nitriles is 1. The number of rotatable bonds is 1. The van der Waals surface area contributed by atoms with Crippen molar-refractivity contribution in [3.8, 4) is 17.6 Å². The van der Waals surface area contributed by atoms with E-state index in [9.17, 15) is 14.6 Å². The molecule has 0 aromatic heterocycles. The lowest BCUT2D eigenvalue weighted by Gasteiger charge is -2.36. The number of aromatic hydroxyl groups is 2. The molecule has 0 heterocycles. The van der Waals surface area contributed by atoms with Crippen LogP contribution in [0.15, 0.2) is 6.07 Å². The Hall–Kier alpha value is -1.47.